The van der Waals surface area contributed by atoms with Gasteiger partial charge in [0.05, 0.1) is 14.2 Å². The van der Waals surface area contributed by atoms with Crippen LogP contribution in [0.3, 0.4) is 0 Å². The second kappa shape index (κ2) is 5.48. The molecule has 0 aliphatic rings. The Labute approximate surface area is 94.2 Å². The lowest BCUT2D eigenvalue weighted by Crippen LogP contribution is -2.29. The van der Waals surface area contributed by atoms with E-state index in [1.807, 2.05) is 0 Å². The number of benzene rings is 1. The van der Waals surface area contributed by atoms with Gasteiger partial charge < -0.3 is 14.7 Å². The first-order valence-corrected chi connectivity index (χ1v) is 4.74. The van der Waals surface area contributed by atoms with Crippen LogP contribution in [-0.2, 0) is 9.63 Å². The van der Waals surface area contributed by atoms with Crippen LogP contribution in [0.4, 0.5) is 0 Å². The zero-order valence-corrected chi connectivity index (χ0v) is 9.51. The molecule has 1 aromatic rings. The molecule has 1 aromatic carbocycles. The van der Waals surface area contributed by atoms with Crippen LogP contribution < -0.4 is 4.74 Å². The van der Waals surface area contributed by atoms with Crippen molar-refractivity contribution in [3.8, 4) is 5.75 Å². The number of ether oxygens (including phenoxy) is 1. The Balaban J connectivity index is 2.97. The lowest BCUT2D eigenvalue weighted by atomic mass is 10.1. The molecule has 0 aliphatic heterocycles. The van der Waals surface area contributed by atoms with E-state index in [9.17, 15) is 4.79 Å². The number of carboxylic acids is 1. The van der Waals surface area contributed by atoms with Crippen molar-refractivity contribution in [2.45, 2.75) is 6.04 Å². The average Bonchev–Trinajstić information content (AvgIpc) is 2.29. The third-order valence-corrected chi connectivity index (χ3v) is 2.32. The van der Waals surface area contributed by atoms with E-state index in [-0.39, 0.29) is 0 Å². The zero-order valence-electron chi connectivity index (χ0n) is 9.51. The molecule has 1 unspecified atom stereocenters. The second-order valence-corrected chi connectivity index (χ2v) is 3.24. The highest BCUT2D eigenvalue weighted by molar-refractivity contribution is 5.75. The van der Waals surface area contributed by atoms with Crippen molar-refractivity contribution < 1.29 is 19.5 Å². The quantitative estimate of drug-likeness (QED) is 0.766. The number of carbonyl (C=O) groups is 1. The molecule has 0 heterocycles. The summed E-state index contributed by atoms with van der Waals surface area (Å²) in [7, 11) is 4.56. The van der Waals surface area contributed by atoms with Gasteiger partial charge in [-0.2, -0.15) is 5.06 Å². The van der Waals surface area contributed by atoms with Gasteiger partial charge in [-0.25, -0.2) is 0 Å². The molecule has 1 N–H and O–H groups in total. The van der Waals surface area contributed by atoms with Gasteiger partial charge in [-0.1, -0.05) is 12.1 Å². The molecular weight excluding hydrogens is 210 g/mol. The number of hydrogen-bond donors (Lipinski definition) is 1. The SMILES string of the molecule is COc1ccc(C(C(=O)O)N(C)OC)cc1. The molecule has 16 heavy (non-hydrogen) atoms. The van der Waals surface area contributed by atoms with Crippen LogP contribution >= 0.6 is 0 Å². The number of likely N-dealkylation sites (N-methyl/N-ethyl adjacent to an activating group) is 1. The van der Waals surface area contributed by atoms with Crippen LogP contribution in [0, 0.1) is 0 Å². The van der Waals surface area contributed by atoms with Gasteiger partial charge in [0.1, 0.15) is 5.75 Å². The van der Waals surface area contributed by atoms with E-state index in [1.165, 1.54) is 12.2 Å². The van der Waals surface area contributed by atoms with E-state index in [0.29, 0.717) is 11.3 Å². The van der Waals surface area contributed by atoms with Gasteiger partial charge in [0, 0.05) is 7.05 Å². The van der Waals surface area contributed by atoms with Gasteiger partial charge in [-0.05, 0) is 17.7 Å². The normalized spacial score (nSPS) is 12.5. The van der Waals surface area contributed by atoms with Gasteiger partial charge >= 0.3 is 5.97 Å². The number of carboxylic acid groups (broad SMARTS) is 1. The summed E-state index contributed by atoms with van der Waals surface area (Å²) in [6, 6.07) is 6.01. The Kier molecular flexibility index (Phi) is 4.28. The molecule has 0 radical (unpaired) electrons. The lowest BCUT2D eigenvalue weighted by molar-refractivity contribution is -0.175. The third-order valence-electron chi connectivity index (χ3n) is 2.32. The highest BCUT2D eigenvalue weighted by atomic mass is 16.7. The second-order valence-electron chi connectivity index (χ2n) is 3.24. The standard InChI is InChI=1S/C11H15NO4/c1-12(16-3)10(11(13)14)8-4-6-9(15-2)7-5-8/h4-7,10H,1-3H3,(H,13,14). The molecule has 5 heteroatoms. The molecule has 0 saturated heterocycles. The summed E-state index contributed by atoms with van der Waals surface area (Å²) < 4.78 is 5.00. The molecular formula is C11H15NO4. The Bertz CT molecular complexity index is 350. The molecule has 0 fully saturated rings. The van der Waals surface area contributed by atoms with Crippen molar-refractivity contribution in [3.63, 3.8) is 0 Å². The number of rotatable bonds is 5. The van der Waals surface area contributed by atoms with E-state index in [4.69, 9.17) is 14.7 Å². The first-order chi connectivity index (χ1) is 7.60. The van der Waals surface area contributed by atoms with Crippen LogP contribution in [0.1, 0.15) is 11.6 Å². The predicted molar refractivity (Wildman–Crippen MR) is 58.1 cm³/mol. The smallest absolute Gasteiger partial charge is 0.327 e. The van der Waals surface area contributed by atoms with E-state index >= 15 is 0 Å². The van der Waals surface area contributed by atoms with Gasteiger partial charge in [0.2, 0.25) is 0 Å². The van der Waals surface area contributed by atoms with E-state index in [2.05, 4.69) is 0 Å². The zero-order chi connectivity index (χ0) is 12.1. The van der Waals surface area contributed by atoms with Crippen LogP contribution in [-0.4, -0.2) is 37.4 Å². The van der Waals surface area contributed by atoms with Crippen molar-refractivity contribution in [3.05, 3.63) is 29.8 Å². The lowest BCUT2D eigenvalue weighted by Gasteiger charge is -2.22. The number of hydrogen-bond acceptors (Lipinski definition) is 4. The van der Waals surface area contributed by atoms with Crippen LogP contribution in [0.2, 0.25) is 0 Å². The summed E-state index contributed by atoms with van der Waals surface area (Å²) in [4.78, 5) is 16.0. The fourth-order valence-electron chi connectivity index (χ4n) is 1.40. The van der Waals surface area contributed by atoms with Gasteiger partial charge in [-0.3, -0.25) is 4.79 Å². The Morgan fingerprint density at radius 3 is 2.25 bits per heavy atom. The van der Waals surface area contributed by atoms with E-state index in [1.54, 1.807) is 38.4 Å². The van der Waals surface area contributed by atoms with Gasteiger partial charge in [-0.15, -0.1) is 0 Å². The first kappa shape index (κ1) is 12.5. The van der Waals surface area contributed by atoms with Crippen molar-refractivity contribution in [2.24, 2.45) is 0 Å². The minimum Gasteiger partial charge on any atom is -0.497 e. The average molecular weight is 225 g/mol. The highest BCUT2D eigenvalue weighted by Gasteiger charge is 2.24. The Morgan fingerprint density at radius 1 is 1.31 bits per heavy atom. The minimum atomic E-state index is -0.963. The maximum absolute atomic E-state index is 11.1. The maximum atomic E-state index is 11.1. The van der Waals surface area contributed by atoms with Crippen molar-refractivity contribution in [1.29, 1.82) is 0 Å². The molecule has 88 valence electrons. The molecule has 0 bridgehead atoms. The molecule has 0 aliphatic carbocycles. The molecule has 0 spiro atoms. The Morgan fingerprint density at radius 2 is 1.88 bits per heavy atom. The van der Waals surface area contributed by atoms with E-state index < -0.39 is 12.0 Å². The Hall–Kier alpha value is -1.59. The fraction of sp³-hybridized carbons (Fsp3) is 0.364. The molecule has 0 saturated carbocycles. The molecule has 0 aromatic heterocycles. The topological polar surface area (TPSA) is 59.0 Å². The van der Waals surface area contributed by atoms with Crippen molar-refractivity contribution >= 4 is 5.97 Å². The summed E-state index contributed by atoms with van der Waals surface area (Å²) >= 11 is 0. The summed E-state index contributed by atoms with van der Waals surface area (Å²) in [6.45, 7) is 0. The summed E-state index contributed by atoms with van der Waals surface area (Å²) in [5, 5.41) is 10.4. The maximum Gasteiger partial charge on any atom is 0.327 e. The van der Waals surface area contributed by atoms with E-state index in [0.717, 1.165) is 0 Å². The number of nitrogens with zero attached hydrogens (tertiary/aromatic N) is 1. The largest absolute Gasteiger partial charge is 0.497 e. The van der Waals surface area contributed by atoms with Crippen LogP contribution in [0.25, 0.3) is 0 Å². The summed E-state index contributed by atoms with van der Waals surface area (Å²) in [5.74, 6) is -0.275. The number of hydroxylamine groups is 2. The molecule has 5 nitrogen and oxygen atoms in total. The summed E-state index contributed by atoms with van der Waals surface area (Å²) in [6.07, 6.45) is 0. The molecule has 0 amide bonds. The van der Waals surface area contributed by atoms with Crippen LogP contribution in [0.15, 0.2) is 24.3 Å². The van der Waals surface area contributed by atoms with Gasteiger partial charge in [0.25, 0.3) is 0 Å². The minimum absolute atomic E-state index is 0.637. The first-order valence-electron chi connectivity index (χ1n) is 4.74. The molecule has 1 atom stereocenters. The number of methoxy groups -OCH3 is 1. The van der Waals surface area contributed by atoms with Crippen molar-refractivity contribution in [1.82, 2.24) is 5.06 Å². The predicted octanol–water partition coefficient (Wildman–Crippen LogP) is 1.31. The van der Waals surface area contributed by atoms with Crippen LogP contribution in [0.5, 0.6) is 5.75 Å². The van der Waals surface area contributed by atoms with Gasteiger partial charge in [0.15, 0.2) is 6.04 Å². The highest BCUT2D eigenvalue weighted by Crippen LogP contribution is 2.22. The molecule has 1 rings (SSSR count). The fourth-order valence-corrected chi connectivity index (χ4v) is 1.40. The van der Waals surface area contributed by atoms with Crippen molar-refractivity contribution in [2.75, 3.05) is 21.3 Å². The number of aliphatic carboxylic acids is 1. The summed E-state index contributed by atoms with van der Waals surface area (Å²) in [5.41, 5.74) is 0.637. The monoisotopic (exact) mass is 225 g/mol. The third kappa shape index (κ3) is 2.71.